The number of carboxylic acid groups (broad SMARTS) is 1. The second-order valence-corrected chi connectivity index (χ2v) is 10.2. The van der Waals surface area contributed by atoms with E-state index >= 15 is 0 Å². The van der Waals surface area contributed by atoms with E-state index in [-0.39, 0.29) is 53.2 Å². The standard InChI is InChI=1S/C19H24N6O5S2.Na.H/c1-25(5-3-4-6-25)7-10-8-31-17-13(16(27)24(17)14(10)18(28)29)22-15(26)12(23-30-2)11-9-32-19(20)21-11;;/h9,13,17H,3-8H2,1-2H3,(H3-,20,21,22,26,28,29);;/q;+1;-1/p+1/b23-12+;;/t13-,17-;;/m1../s1. The number of likely N-dealkylation sites (tertiary alicyclic amines) is 1. The number of fused-ring (bicyclic) bond motifs is 1. The van der Waals surface area contributed by atoms with Crippen LogP contribution in [0.15, 0.2) is 21.8 Å². The smallest absolute Gasteiger partial charge is 1.00 e. The van der Waals surface area contributed by atoms with Crippen LogP contribution in [0.4, 0.5) is 5.13 Å². The van der Waals surface area contributed by atoms with Gasteiger partial charge in [0.2, 0.25) is 0 Å². The van der Waals surface area contributed by atoms with Crippen molar-refractivity contribution in [3.8, 4) is 0 Å². The third-order valence-corrected chi connectivity index (χ3v) is 7.93. The number of oxime groups is 1. The van der Waals surface area contributed by atoms with Crippen LogP contribution in [0.5, 0.6) is 0 Å². The molecule has 11 nitrogen and oxygen atoms in total. The second-order valence-electron chi connectivity index (χ2n) is 8.24. The molecule has 0 aliphatic carbocycles. The Morgan fingerprint density at radius 3 is 2.73 bits per heavy atom. The van der Waals surface area contributed by atoms with Crippen molar-refractivity contribution in [1.82, 2.24) is 15.2 Å². The van der Waals surface area contributed by atoms with Crippen molar-refractivity contribution >= 4 is 51.7 Å². The summed E-state index contributed by atoms with van der Waals surface area (Å²) in [6, 6.07) is -0.863. The monoisotopic (exact) mass is 505 g/mol. The molecule has 14 heteroatoms. The maximum Gasteiger partial charge on any atom is 1.00 e. The number of likely N-dealkylation sites (N-methyl/N-ethyl adjacent to an activating group) is 1. The molecule has 33 heavy (non-hydrogen) atoms. The predicted octanol–water partition coefficient (Wildman–Crippen LogP) is -2.83. The number of hydrogen-bond donors (Lipinski definition) is 3. The number of β-lactam (4-membered cyclic amide) rings is 1. The Morgan fingerprint density at radius 2 is 2.15 bits per heavy atom. The Kier molecular flexibility index (Phi) is 8.12. The summed E-state index contributed by atoms with van der Waals surface area (Å²) in [6.07, 6.45) is 2.24. The number of nitrogens with one attached hydrogen (secondary N) is 1. The molecule has 174 valence electrons. The number of nitrogen functional groups attached to an aromatic ring is 1. The van der Waals surface area contributed by atoms with Gasteiger partial charge < -0.3 is 26.9 Å². The number of nitrogens with two attached hydrogens (primary N) is 1. The maximum absolute atomic E-state index is 12.9. The van der Waals surface area contributed by atoms with Gasteiger partial charge >= 0.3 is 35.5 Å². The van der Waals surface area contributed by atoms with Gasteiger partial charge in [-0.2, -0.15) is 0 Å². The fourth-order valence-electron chi connectivity index (χ4n) is 4.42. The van der Waals surface area contributed by atoms with Gasteiger partial charge in [-0.05, 0) is 0 Å². The van der Waals surface area contributed by atoms with Crippen molar-refractivity contribution in [1.29, 1.82) is 0 Å². The molecule has 2 atom stereocenters. The molecule has 2 amide bonds. The van der Waals surface area contributed by atoms with Crippen LogP contribution in [-0.2, 0) is 19.2 Å². The van der Waals surface area contributed by atoms with E-state index in [2.05, 4.69) is 22.5 Å². The summed E-state index contributed by atoms with van der Waals surface area (Å²) in [7, 11) is 3.42. The van der Waals surface area contributed by atoms with Crippen LogP contribution in [0.3, 0.4) is 0 Å². The molecule has 0 spiro atoms. The van der Waals surface area contributed by atoms with E-state index in [0.29, 0.717) is 12.3 Å². The number of thioether (sulfide) groups is 1. The number of carbonyl (C=O) groups is 3. The summed E-state index contributed by atoms with van der Waals surface area (Å²) in [6.45, 7) is 2.61. The minimum atomic E-state index is -1.12. The predicted molar refractivity (Wildman–Crippen MR) is 121 cm³/mol. The van der Waals surface area contributed by atoms with Crippen LogP contribution in [0.25, 0.3) is 0 Å². The largest absolute Gasteiger partial charge is 1.00 e. The van der Waals surface area contributed by atoms with Crippen LogP contribution in [0.1, 0.15) is 20.0 Å². The third-order valence-electron chi connectivity index (χ3n) is 5.92. The molecule has 1 aromatic rings. The topological polar surface area (TPSA) is 147 Å². The average Bonchev–Trinajstić information content (AvgIpc) is 3.37. The number of rotatable bonds is 7. The fraction of sp³-hybridized carbons (Fsp3) is 0.526. The number of anilines is 1. The zero-order valence-corrected chi connectivity index (χ0v) is 22.4. The summed E-state index contributed by atoms with van der Waals surface area (Å²) in [5.41, 5.74) is 6.59. The average molecular weight is 506 g/mol. The summed E-state index contributed by atoms with van der Waals surface area (Å²) >= 11 is 2.61. The first-order valence-corrected chi connectivity index (χ1v) is 12.0. The molecule has 0 aromatic carbocycles. The van der Waals surface area contributed by atoms with Gasteiger partial charge in [0, 0.05) is 29.5 Å². The molecule has 4 N–H and O–H groups in total. The van der Waals surface area contributed by atoms with E-state index in [1.54, 1.807) is 5.38 Å². The third kappa shape index (κ3) is 5.08. The van der Waals surface area contributed by atoms with Crippen LogP contribution < -0.4 is 40.6 Å². The molecule has 1 aromatic heterocycles. The van der Waals surface area contributed by atoms with Gasteiger partial charge in [0.1, 0.15) is 36.5 Å². The van der Waals surface area contributed by atoms with Crippen molar-refractivity contribution in [2.75, 3.05) is 45.3 Å². The van der Waals surface area contributed by atoms with Crippen molar-refractivity contribution in [2.24, 2.45) is 5.16 Å². The molecule has 0 unspecified atom stereocenters. The second kappa shape index (κ2) is 10.3. The molecule has 0 saturated carbocycles. The molecule has 3 aliphatic heterocycles. The Morgan fingerprint density at radius 1 is 1.45 bits per heavy atom. The van der Waals surface area contributed by atoms with Gasteiger partial charge in [0.05, 0.1) is 20.1 Å². The first-order chi connectivity index (χ1) is 15.2. The zero-order valence-electron chi connectivity index (χ0n) is 19.7. The van der Waals surface area contributed by atoms with Gasteiger partial charge in [-0.1, -0.05) is 5.16 Å². The van der Waals surface area contributed by atoms with Crippen LogP contribution in [0, 0.1) is 0 Å². The molecular formula is C19H26N6NaO5S2+. The van der Waals surface area contributed by atoms with Crippen molar-refractivity contribution < 1.29 is 59.8 Å². The first kappa shape index (κ1) is 26.0. The molecule has 4 heterocycles. The quantitative estimate of drug-likeness (QED) is 0.118. The molecular weight excluding hydrogens is 479 g/mol. The molecule has 0 bridgehead atoms. The number of carboxylic acids is 1. The van der Waals surface area contributed by atoms with E-state index in [1.807, 2.05) is 0 Å². The fourth-order valence-corrected chi connectivity index (χ4v) is 6.31. The minimum Gasteiger partial charge on any atom is -1.00 e. The normalized spacial score (nSPS) is 24.0. The summed E-state index contributed by atoms with van der Waals surface area (Å²) in [5.74, 6) is -1.71. The van der Waals surface area contributed by atoms with Crippen molar-refractivity contribution in [3.05, 3.63) is 22.3 Å². The van der Waals surface area contributed by atoms with E-state index < -0.39 is 29.2 Å². The van der Waals surface area contributed by atoms with E-state index in [4.69, 9.17) is 10.6 Å². The minimum absolute atomic E-state index is 0. The van der Waals surface area contributed by atoms with Gasteiger partial charge in [-0.3, -0.25) is 14.5 Å². The summed E-state index contributed by atoms with van der Waals surface area (Å²) < 4.78 is 0.785. The van der Waals surface area contributed by atoms with Gasteiger partial charge in [0.25, 0.3) is 11.8 Å². The molecule has 0 radical (unpaired) electrons. The number of quaternary nitrogens is 1. The van der Waals surface area contributed by atoms with Crippen LogP contribution in [0.2, 0.25) is 0 Å². The molecule has 3 aliphatic rings. The Labute approximate surface area is 222 Å². The van der Waals surface area contributed by atoms with Crippen molar-refractivity contribution in [3.63, 3.8) is 0 Å². The van der Waals surface area contributed by atoms with Gasteiger partial charge in [-0.25, -0.2) is 9.78 Å². The number of thiazole rings is 1. The van der Waals surface area contributed by atoms with Gasteiger partial charge in [0.15, 0.2) is 10.8 Å². The Bertz CT molecular complexity index is 1030. The number of aromatic nitrogens is 1. The zero-order chi connectivity index (χ0) is 23.0. The Hall–Kier alpha value is -1.64. The Balaban J connectivity index is 0.00000204. The van der Waals surface area contributed by atoms with E-state index in [0.717, 1.165) is 47.3 Å². The van der Waals surface area contributed by atoms with Gasteiger partial charge in [-0.15, -0.1) is 23.1 Å². The summed E-state index contributed by atoms with van der Waals surface area (Å²) in [5, 5.41) is 17.6. The number of aliphatic carboxylic acids is 1. The number of nitrogens with zero attached hydrogens (tertiary/aromatic N) is 4. The molecule has 2 fully saturated rings. The number of hydrogen-bond acceptors (Lipinski definition) is 9. The summed E-state index contributed by atoms with van der Waals surface area (Å²) in [4.78, 5) is 47.9. The maximum atomic E-state index is 12.9. The first-order valence-electron chi connectivity index (χ1n) is 10.1. The SMILES string of the molecule is CO/N=C(/C(=O)N[C@@H]1C(=O)N2C(C(=O)O)=C(C[N+]3(C)CCCC3)CS[C@H]12)c1csc(N)n1.[H-].[Na+]. The van der Waals surface area contributed by atoms with Crippen LogP contribution >= 0.6 is 23.1 Å². The van der Waals surface area contributed by atoms with Crippen LogP contribution in [-0.4, -0.2) is 93.9 Å². The van der Waals surface area contributed by atoms with E-state index in [9.17, 15) is 19.5 Å². The van der Waals surface area contributed by atoms with E-state index in [1.165, 1.54) is 23.8 Å². The molecule has 2 saturated heterocycles. The number of amides is 2. The van der Waals surface area contributed by atoms with Crippen molar-refractivity contribution in [2.45, 2.75) is 24.3 Å². The number of carbonyl (C=O) groups excluding carboxylic acids is 2. The molecule has 4 rings (SSSR count).